The lowest BCUT2D eigenvalue weighted by Gasteiger charge is -2.40. The molecule has 0 aliphatic carbocycles. The molecule has 1 heterocycles. The molecular formula is C33H32BrN3O2S. The summed E-state index contributed by atoms with van der Waals surface area (Å²) in [5.41, 5.74) is 4.29. The van der Waals surface area contributed by atoms with Crippen molar-refractivity contribution >= 4 is 39.2 Å². The number of halogens is 1. The van der Waals surface area contributed by atoms with Crippen LogP contribution in [0.1, 0.15) is 33.1 Å². The fraction of sp³-hybridized carbons (Fsp3) is 0.212. The van der Waals surface area contributed by atoms with E-state index in [0.717, 1.165) is 37.1 Å². The van der Waals surface area contributed by atoms with Gasteiger partial charge in [-0.15, -0.1) is 0 Å². The van der Waals surface area contributed by atoms with Crippen LogP contribution in [0.5, 0.6) is 5.75 Å². The molecule has 5 rings (SSSR count). The Labute approximate surface area is 249 Å². The molecule has 1 N–H and O–H groups in total. The van der Waals surface area contributed by atoms with Crippen LogP contribution in [0.4, 0.5) is 0 Å². The molecular weight excluding hydrogens is 582 g/mol. The number of nitrogens with one attached hydrogen (secondary N) is 1. The summed E-state index contributed by atoms with van der Waals surface area (Å²) in [6.45, 7) is 3.72. The molecule has 7 heteroatoms. The largest absolute Gasteiger partial charge is 0.492 e. The molecule has 0 aromatic heterocycles. The van der Waals surface area contributed by atoms with E-state index >= 15 is 0 Å². The van der Waals surface area contributed by atoms with Crippen molar-refractivity contribution in [2.45, 2.75) is 12.5 Å². The molecule has 0 unspecified atom stereocenters. The van der Waals surface area contributed by atoms with Gasteiger partial charge in [-0.25, -0.2) is 0 Å². The fourth-order valence-electron chi connectivity index (χ4n) is 5.00. The highest BCUT2D eigenvalue weighted by molar-refractivity contribution is 9.10. The van der Waals surface area contributed by atoms with E-state index in [1.54, 1.807) is 12.1 Å². The highest BCUT2D eigenvalue weighted by Crippen LogP contribution is 2.30. The minimum Gasteiger partial charge on any atom is -0.492 e. The van der Waals surface area contributed by atoms with Crippen molar-refractivity contribution < 1.29 is 9.53 Å². The van der Waals surface area contributed by atoms with Gasteiger partial charge in [-0.2, -0.15) is 0 Å². The number of hydrogen-bond donors (Lipinski definition) is 1. The predicted octanol–water partition coefficient (Wildman–Crippen LogP) is 6.49. The third-order valence-corrected chi connectivity index (χ3v) is 8.08. The van der Waals surface area contributed by atoms with Gasteiger partial charge in [0.15, 0.2) is 5.11 Å². The lowest BCUT2D eigenvalue weighted by molar-refractivity contribution is 0.0967. The van der Waals surface area contributed by atoms with Crippen LogP contribution in [-0.4, -0.2) is 53.6 Å². The van der Waals surface area contributed by atoms with Crippen molar-refractivity contribution in [3.8, 4) is 5.75 Å². The van der Waals surface area contributed by atoms with E-state index in [4.69, 9.17) is 17.0 Å². The quantitative estimate of drug-likeness (QED) is 0.230. The number of rotatable bonds is 8. The van der Waals surface area contributed by atoms with Gasteiger partial charge in [-0.3, -0.25) is 15.0 Å². The van der Waals surface area contributed by atoms with Crippen molar-refractivity contribution in [3.63, 3.8) is 0 Å². The molecule has 1 aliphatic rings. The highest BCUT2D eigenvalue weighted by Gasteiger charge is 2.27. The van der Waals surface area contributed by atoms with E-state index < -0.39 is 0 Å². The van der Waals surface area contributed by atoms with Gasteiger partial charge in [0.05, 0.1) is 17.1 Å². The van der Waals surface area contributed by atoms with Crippen LogP contribution in [0.2, 0.25) is 0 Å². The Morgan fingerprint density at radius 2 is 1.40 bits per heavy atom. The molecule has 0 saturated carbocycles. The number of ether oxygens (including phenoxy) is 1. The second-order valence-electron chi connectivity index (χ2n) is 9.74. The minimum atomic E-state index is -0.226. The van der Waals surface area contributed by atoms with Gasteiger partial charge in [-0.05, 0) is 63.0 Å². The Kier molecular flexibility index (Phi) is 9.60. The first-order chi connectivity index (χ1) is 19.6. The summed E-state index contributed by atoms with van der Waals surface area (Å²) in [4.78, 5) is 17.6. The third kappa shape index (κ3) is 7.16. The average Bonchev–Trinajstić information content (AvgIpc) is 3.00. The summed E-state index contributed by atoms with van der Waals surface area (Å²) < 4.78 is 6.66. The lowest BCUT2D eigenvalue weighted by Crippen LogP contribution is -2.53. The molecule has 0 spiro atoms. The third-order valence-electron chi connectivity index (χ3n) is 7.10. The molecule has 1 amide bonds. The maximum absolute atomic E-state index is 13.0. The maximum Gasteiger partial charge on any atom is 0.257 e. The van der Waals surface area contributed by atoms with Crippen LogP contribution in [0.3, 0.4) is 0 Å². The summed E-state index contributed by atoms with van der Waals surface area (Å²) in [7, 11) is 0. The summed E-state index contributed by atoms with van der Waals surface area (Å²) in [5.74, 6) is 0.480. The second kappa shape index (κ2) is 13.7. The number of hydrogen-bond acceptors (Lipinski definition) is 4. The molecule has 1 aliphatic heterocycles. The number of amides is 1. The number of benzene rings is 4. The predicted molar refractivity (Wildman–Crippen MR) is 168 cm³/mol. The zero-order chi connectivity index (χ0) is 27.7. The van der Waals surface area contributed by atoms with Crippen LogP contribution in [0, 0.1) is 0 Å². The van der Waals surface area contributed by atoms with E-state index in [1.807, 2.05) is 24.3 Å². The minimum absolute atomic E-state index is 0.179. The lowest BCUT2D eigenvalue weighted by atomic mass is 9.96. The summed E-state index contributed by atoms with van der Waals surface area (Å²) in [6.07, 6.45) is 0.814. The fourth-order valence-corrected chi connectivity index (χ4v) is 5.77. The molecule has 0 bridgehead atoms. The zero-order valence-electron chi connectivity index (χ0n) is 22.2. The molecule has 1 saturated heterocycles. The smallest absolute Gasteiger partial charge is 0.257 e. The van der Waals surface area contributed by atoms with Crippen molar-refractivity contribution in [1.29, 1.82) is 0 Å². The van der Waals surface area contributed by atoms with Gasteiger partial charge in [-0.1, -0.05) is 91.0 Å². The van der Waals surface area contributed by atoms with Gasteiger partial charge >= 0.3 is 0 Å². The number of piperazine rings is 1. The second-order valence-corrected chi connectivity index (χ2v) is 11.0. The molecule has 4 aromatic rings. The van der Waals surface area contributed by atoms with Gasteiger partial charge < -0.3 is 9.64 Å². The summed E-state index contributed by atoms with van der Waals surface area (Å²) >= 11 is 9.19. The number of carbonyl (C=O) groups excluding carboxylic acids is 1. The van der Waals surface area contributed by atoms with Crippen molar-refractivity contribution in [1.82, 2.24) is 15.1 Å². The molecule has 0 radical (unpaired) electrons. The first kappa shape index (κ1) is 28.0. The Hall–Kier alpha value is -3.52. The standard InChI is InChI=1S/C33H32BrN3O2S/c34-29-24-28(16-17-30(29)39-23-18-25-10-4-1-5-11-25)32(38)35-33(40)37-21-19-36(20-22-37)31(26-12-6-2-7-13-26)27-14-8-3-9-15-27/h1-17,24,31H,18-23H2,(H,35,38,40). The van der Waals surface area contributed by atoms with Gasteiger partial charge in [0.1, 0.15) is 5.75 Å². The van der Waals surface area contributed by atoms with Gasteiger partial charge in [0.25, 0.3) is 5.91 Å². The number of nitrogens with zero attached hydrogens (tertiary/aromatic N) is 2. The molecule has 0 atom stereocenters. The highest BCUT2D eigenvalue weighted by atomic mass is 79.9. The van der Waals surface area contributed by atoms with Crippen LogP contribution in [0.15, 0.2) is 114 Å². The average molecular weight is 615 g/mol. The zero-order valence-corrected chi connectivity index (χ0v) is 24.6. The van der Waals surface area contributed by atoms with Crippen molar-refractivity contribution in [2.75, 3.05) is 32.8 Å². The van der Waals surface area contributed by atoms with E-state index in [0.29, 0.717) is 23.0 Å². The van der Waals surface area contributed by atoms with Crippen molar-refractivity contribution in [2.24, 2.45) is 0 Å². The van der Waals surface area contributed by atoms with Crippen LogP contribution >= 0.6 is 28.1 Å². The SMILES string of the molecule is O=C(NC(=S)N1CCN(C(c2ccccc2)c2ccccc2)CC1)c1ccc(OCCc2ccccc2)c(Br)c1. The number of carbonyl (C=O) groups is 1. The summed E-state index contributed by atoms with van der Waals surface area (Å²) in [5, 5.41) is 3.38. The normalized spacial score (nSPS) is 13.7. The van der Waals surface area contributed by atoms with Crippen LogP contribution < -0.4 is 10.1 Å². The molecule has 5 nitrogen and oxygen atoms in total. The maximum atomic E-state index is 13.0. The molecule has 204 valence electrons. The Balaban J connectivity index is 1.15. The van der Waals surface area contributed by atoms with E-state index in [2.05, 4.69) is 104 Å². The van der Waals surface area contributed by atoms with Gasteiger partial charge in [0.2, 0.25) is 0 Å². The molecule has 40 heavy (non-hydrogen) atoms. The molecule has 4 aromatic carbocycles. The first-order valence-electron chi connectivity index (χ1n) is 13.5. The van der Waals surface area contributed by atoms with E-state index in [1.165, 1.54) is 16.7 Å². The number of thiocarbonyl (C=S) groups is 1. The topological polar surface area (TPSA) is 44.8 Å². The Morgan fingerprint density at radius 3 is 1.98 bits per heavy atom. The Morgan fingerprint density at radius 1 is 0.825 bits per heavy atom. The van der Waals surface area contributed by atoms with E-state index in [9.17, 15) is 4.79 Å². The summed E-state index contributed by atoms with van der Waals surface area (Å²) in [6, 6.07) is 37.0. The van der Waals surface area contributed by atoms with Gasteiger partial charge in [0, 0.05) is 38.2 Å². The van der Waals surface area contributed by atoms with Crippen molar-refractivity contribution in [3.05, 3.63) is 136 Å². The van der Waals surface area contributed by atoms with Crippen LogP contribution in [-0.2, 0) is 6.42 Å². The molecule has 1 fully saturated rings. The monoisotopic (exact) mass is 613 g/mol. The van der Waals surface area contributed by atoms with E-state index in [-0.39, 0.29) is 11.9 Å². The van der Waals surface area contributed by atoms with Crippen LogP contribution in [0.25, 0.3) is 0 Å². The Bertz CT molecular complexity index is 1370. The first-order valence-corrected chi connectivity index (χ1v) is 14.7.